The molecule has 0 aromatic heterocycles. The van der Waals surface area contributed by atoms with E-state index in [9.17, 15) is 5.11 Å². The van der Waals surface area contributed by atoms with Crippen LogP contribution >= 0.6 is 0 Å². The Kier molecular flexibility index (Phi) is 2.16. The maximum Gasteiger partial charge on any atom is 0.0576 e. The Morgan fingerprint density at radius 3 is 1.94 bits per heavy atom. The average molecular weight is 220 g/mol. The van der Waals surface area contributed by atoms with Crippen LogP contribution in [0, 0.1) is 35.5 Å². The first-order chi connectivity index (χ1) is 7.79. The van der Waals surface area contributed by atoms with Crippen molar-refractivity contribution < 1.29 is 5.11 Å². The molecule has 0 spiro atoms. The van der Waals surface area contributed by atoms with E-state index in [1.807, 2.05) is 0 Å². The molecule has 1 unspecified atom stereocenters. The minimum absolute atomic E-state index is 0.0579. The molecular formula is C15H24O. The fourth-order valence-electron chi connectivity index (χ4n) is 5.45. The minimum Gasteiger partial charge on any atom is -0.393 e. The molecule has 1 nitrogen and oxygen atoms in total. The van der Waals surface area contributed by atoms with Crippen LogP contribution in [0.5, 0.6) is 0 Å². The van der Waals surface area contributed by atoms with Crippen LogP contribution in [-0.4, -0.2) is 11.2 Å². The lowest BCUT2D eigenvalue weighted by Crippen LogP contribution is -2.49. The SMILES string of the molecule is OC(CC1CC1)C1C2CC3CC(C2)CC1C3. The Morgan fingerprint density at radius 2 is 1.44 bits per heavy atom. The number of aliphatic hydroxyl groups is 1. The first kappa shape index (κ1) is 9.94. The lowest BCUT2D eigenvalue weighted by Gasteiger charge is -2.55. The van der Waals surface area contributed by atoms with Gasteiger partial charge in [0.2, 0.25) is 0 Å². The molecule has 0 radical (unpaired) electrons. The van der Waals surface area contributed by atoms with E-state index in [1.54, 1.807) is 0 Å². The van der Waals surface area contributed by atoms with E-state index in [0.29, 0.717) is 5.92 Å². The molecule has 1 atom stereocenters. The highest BCUT2D eigenvalue weighted by atomic mass is 16.3. The molecular weight excluding hydrogens is 196 g/mol. The quantitative estimate of drug-likeness (QED) is 0.774. The van der Waals surface area contributed by atoms with Crippen molar-refractivity contribution in [3.05, 3.63) is 0 Å². The predicted molar refractivity (Wildman–Crippen MR) is 63.9 cm³/mol. The normalized spacial score (nSPS) is 51.9. The smallest absolute Gasteiger partial charge is 0.0576 e. The van der Waals surface area contributed by atoms with Crippen LogP contribution < -0.4 is 0 Å². The van der Waals surface area contributed by atoms with Gasteiger partial charge in [0.15, 0.2) is 0 Å². The zero-order valence-corrected chi connectivity index (χ0v) is 10.1. The Labute approximate surface area is 98.6 Å². The zero-order valence-electron chi connectivity index (χ0n) is 10.1. The summed E-state index contributed by atoms with van der Waals surface area (Å²) in [5.41, 5.74) is 0. The molecule has 0 heterocycles. The summed E-state index contributed by atoms with van der Waals surface area (Å²) < 4.78 is 0. The van der Waals surface area contributed by atoms with Gasteiger partial charge in [0, 0.05) is 0 Å². The Bertz CT molecular complexity index is 253. The number of hydrogen-bond donors (Lipinski definition) is 1. The highest BCUT2D eigenvalue weighted by Crippen LogP contribution is 2.58. The van der Waals surface area contributed by atoms with Gasteiger partial charge in [-0.25, -0.2) is 0 Å². The third kappa shape index (κ3) is 1.54. The first-order valence-corrected chi connectivity index (χ1v) is 7.47. The topological polar surface area (TPSA) is 20.2 Å². The van der Waals surface area contributed by atoms with Crippen LogP contribution in [-0.2, 0) is 0 Å². The molecule has 1 N–H and O–H groups in total. The molecule has 5 fully saturated rings. The summed E-state index contributed by atoms with van der Waals surface area (Å²) in [6.45, 7) is 0. The molecule has 5 aliphatic rings. The van der Waals surface area contributed by atoms with Crippen LogP contribution in [0.1, 0.15) is 51.4 Å². The number of hydrogen-bond acceptors (Lipinski definition) is 1. The van der Waals surface area contributed by atoms with Crippen LogP contribution in [0.2, 0.25) is 0 Å². The van der Waals surface area contributed by atoms with Gasteiger partial charge in [0.25, 0.3) is 0 Å². The van der Waals surface area contributed by atoms with Crippen LogP contribution in [0.4, 0.5) is 0 Å². The van der Waals surface area contributed by atoms with Crippen molar-refractivity contribution in [3.8, 4) is 0 Å². The fourth-order valence-corrected chi connectivity index (χ4v) is 5.45. The molecule has 1 heteroatoms. The Hall–Kier alpha value is -0.0400. The van der Waals surface area contributed by atoms with Crippen LogP contribution in [0.3, 0.4) is 0 Å². The van der Waals surface area contributed by atoms with Gasteiger partial charge in [-0.05, 0) is 74.0 Å². The van der Waals surface area contributed by atoms with Gasteiger partial charge >= 0.3 is 0 Å². The van der Waals surface area contributed by atoms with Gasteiger partial charge in [-0.2, -0.15) is 0 Å². The van der Waals surface area contributed by atoms with Crippen molar-refractivity contribution in [1.29, 1.82) is 0 Å². The molecule has 0 amide bonds. The summed E-state index contributed by atoms with van der Waals surface area (Å²) in [4.78, 5) is 0. The molecule has 0 aromatic rings. The van der Waals surface area contributed by atoms with E-state index in [2.05, 4.69) is 0 Å². The summed E-state index contributed by atoms with van der Waals surface area (Å²) in [6, 6.07) is 0. The minimum atomic E-state index is 0.0579. The first-order valence-electron chi connectivity index (χ1n) is 7.47. The summed E-state index contributed by atoms with van der Waals surface area (Å²) >= 11 is 0. The van der Waals surface area contributed by atoms with Crippen molar-refractivity contribution in [1.82, 2.24) is 0 Å². The standard InChI is InChI=1S/C15H24O/c16-14(8-9-1-2-9)15-12-4-10-3-11(6-12)7-13(15)5-10/h9-16H,1-8H2. The highest BCUT2D eigenvalue weighted by molar-refractivity contribution is 5.00. The Balaban J connectivity index is 1.50. The summed E-state index contributed by atoms with van der Waals surface area (Å²) in [5, 5.41) is 10.5. The predicted octanol–water partition coefficient (Wildman–Crippen LogP) is 3.22. The van der Waals surface area contributed by atoms with Crippen molar-refractivity contribution in [2.75, 3.05) is 0 Å². The van der Waals surface area contributed by atoms with Gasteiger partial charge in [-0.1, -0.05) is 12.8 Å². The van der Waals surface area contributed by atoms with Crippen molar-refractivity contribution in [2.45, 2.75) is 57.5 Å². The summed E-state index contributed by atoms with van der Waals surface area (Å²) in [6.07, 6.45) is 11.3. The molecule has 0 aliphatic heterocycles. The van der Waals surface area contributed by atoms with Gasteiger partial charge in [-0.15, -0.1) is 0 Å². The number of aliphatic hydroxyl groups excluding tert-OH is 1. The van der Waals surface area contributed by atoms with Gasteiger partial charge in [0.1, 0.15) is 0 Å². The van der Waals surface area contributed by atoms with E-state index < -0.39 is 0 Å². The molecule has 0 aromatic carbocycles. The zero-order chi connectivity index (χ0) is 10.7. The van der Waals surface area contributed by atoms with Gasteiger partial charge in [-0.3, -0.25) is 0 Å². The van der Waals surface area contributed by atoms with Gasteiger partial charge < -0.3 is 5.11 Å². The van der Waals surface area contributed by atoms with Crippen LogP contribution in [0.15, 0.2) is 0 Å². The molecule has 16 heavy (non-hydrogen) atoms. The highest BCUT2D eigenvalue weighted by Gasteiger charge is 2.50. The van der Waals surface area contributed by atoms with E-state index in [0.717, 1.165) is 36.0 Å². The summed E-state index contributed by atoms with van der Waals surface area (Å²) in [7, 11) is 0. The monoisotopic (exact) mass is 220 g/mol. The van der Waals surface area contributed by atoms with E-state index >= 15 is 0 Å². The van der Waals surface area contributed by atoms with E-state index in [1.165, 1.54) is 44.9 Å². The maximum absolute atomic E-state index is 10.5. The van der Waals surface area contributed by atoms with Gasteiger partial charge in [0.05, 0.1) is 6.10 Å². The molecule has 5 aliphatic carbocycles. The fraction of sp³-hybridized carbons (Fsp3) is 1.00. The molecule has 5 saturated carbocycles. The van der Waals surface area contributed by atoms with E-state index in [-0.39, 0.29) is 6.10 Å². The van der Waals surface area contributed by atoms with E-state index in [4.69, 9.17) is 0 Å². The third-order valence-corrected chi connectivity index (χ3v) is 6.02. The molecule has 4 bridgehead atoms. The largest absolute Gasteiger partial charge is 0.393 e. The maximum atomic E-state index is 10.5. The molecule has 0 saturated heterocycles. The molecule has 90 valence electrons. The third-order valence-electron chi connectivity index (χ3n) is 6.02. The second kappa shape index (κ2) is 3.48. The second-order valence-electron chi connectivity index (χ2n) is 7.25. The molecule has 5 rings (SSSR count). The van der Waals surface area contributed by atoms with Crippen molar-refractivity contribution >= 4 is 0 Å². The van der Waals surface area contributed by atoms with Crippen LogP contribution in [0.25, 0.3) is 0 Å². The number of rotatable bonds is 3. The van der Waals surface area contributed by atoms with Crippen molar-refractivity contribution in [2.24, 2.45) is 35.5 Å². The van der Waals surface area contributed by atoms with Crippen molar-refractivity contribution in [3.63, 3.8) is 0 Å². The second-order valence-corrected chi connectivity index (χ2v) is 7.25. The Morgan fingerprint density at radius 1 is 0.875 bits per heavy atom. The summed E-state index contributed by atoms with van der Waals surface area (Å²) in [5.74, 6) is 5.51. The lowest BCUT2D eigenvalue weighted by atomic mass is 9.50. The average Bonchev–Trinajstić information content (AvgIpc) is 2.99. The lowest BCUT2D eigenvalue weighted by molar-refractivity contribution is -0.0922.